The topological polar surface area (TPSA) is 9.23 Å². The Kier molecular flexibility index (Phi) is 11.5. The summed E-state index contributed by atoms with van der Waals surface area (Å²) in [6.45, 7) is 6.87. The molecule has 0 aliphatic heterocycles. The highest BCUT2D eigenvalue weighted by Gasteiger charge is 1.95. The average Bonchev–Trinajstić information content (AvgIpc) is 2.56. The molecule has 22 heavy (non-hydrogen) atoms. The Balaban J connectivity index is 1.86. The Morgan fingerprint density at radius 3 is 1.77 bits per heavy atom. The zero-order chi connectivity index (χ0) is 15.9. The van der Waals surface area contributed by atoms with E-state index in [1.165, 1.54) is 70.6 Å². The van der Waals surface area contributed by atoms with Crippen LogP contribution in [-0.2, 0) is 0 Å². The molecule has 0 N–H and O–H groups in total. The zero-order valence-corrected chi connectivity index (χ0v) is 14.5. The number of ether oxygens (including phenoxy) is 1. The molecule has 0 aromatic heterocycles. The minimum Gasteiger partial charge on any atom is -0.494 e. The zero-order valence-electron chi connectivity index (χ0n) is 14.5. The molecule has 1 heteroatoms. The summed E-state index contributed by atoms with van der Waals surface area (Å²) in [5, 5.41) is 0. The quantitative estimate of drug-likeness (QED) is 0.335. The van der Waals surface area contributed by atoms with Crippen molar-refractivity contribution in [3.63, 3.8) is 0 Å². The lowest BCUT2D eigenvalue weighted by Gasteiger charge is -2.06. The van der Waals surface area contributed by atoms with Gasteiger partial charge in [0.1, 0.15) is 5.75 Å². The van der Waals surface area contributed by atoms with Crippen molar-refractivity contribution in [2.75, 3.05) is 6.61 Å². The maximum Gasteiger partial charge on any atom is 0.119 e. The van der Waals surface area contributed by atoms with E-state index in [1.54, 1.807) is 0 Å². The molecule has 0 unspecified atom stereocenters. The highest BCUT2D eigenvalue weighted by Crippen LogP contribution is 2.14. The summed E-state index contributed by atoms with van der Waals surface area (Å²) in [6.07, 6.45) is 17.0. The third kappa shape index (κ3) is 9.65. The predicted molar refractivity (Wildman–Crippen MR) is 98.5 cm³/mol. The van der Waals surface area contributed by atoms with Crippen molar-refractivity contribution in [2.45, 2.75) is 77.6 Å². The second kappa shape index (κ2) is 13.4. The number of benzene rings is 1. The van der Waals surface area contributed by atoms with Gasteiger partial charge in [0.2, 0.25) is 0 Å². The predicted octanol–water partition coefficient (Wildman–Crippen LogP) is 7.02. The van der Waals surface area contributed by atoms with Gasteiger partial charge in [-0.25, -0.2) is 0 Å². The fourth-order valence-electron chi connectivity index (χ4n) is 2.66. The first-order valence-corrected chi connectivity index (χ1v) is 9.22. The monoisotopic (exact) mass is 302 g/mol. The van der Waals surface area contributed by atoms with Crippen molar-refractivity contribution < 1.29 is 4.74 Å². The lowest BCUT2D eigenvalue weighted by Crippen LogP contribution is -1.97. The van der Waals surface area contributed by atoms with Crippen LogP contribution in [0.2, 0.25) is 0 Å². The van der Waals surface area contributed by atoms with Crippen LogP contribution in [0.4, 0.5) is 0 Å². The maximum atomic E-state index is 5.75. The minimum absolute atomic E-state index is 0.838. The molecule has 0 radical (unpaired) electrons. The van der Waals surface area contributed by atoms with Crippen molar-refractivity contribution in [2.24, 2.45) is 0 Å². The molecular weight excluding hydrogens is 268 g/mol. The fraction of sp³-hybridized carbons (Fsp3) is 0.619. The van der Waals surface area contributed by atoms with Crippen LogP contribution in [0.1, 0.15) is 83.1 Å². The average molecular weight is 303 g/mol. The fourth-order valence-corrected chi connectivity index (χ4v) is 2.66. The summed E-state index contributed by atoms with van der Waals surface area (Å²) in [7, 11) is 0. The van der Waals surface area contributed by atoms with E-state index in [0.29, 0.717) is 0 Å². The van der Waals surface area contributed by atoms with Crippen LogP contribution in [0.25, 0.3) is 6.08 Å². The Labute approximate surface area is 137 Å². The molecule has 0 fully saturated rings. The minimum atomic E-state index is 0.838. The molecule has 1 rings (SSSR count). The third-order valence-corrected chi connectivity index (χ3v) is 4.13. The molecule has 0 heterocycles. The molecule has 1 aromatic rings. The molecule has 124 valence electrons. The van der Waals surface area contributed by atoms with Crippen LogP contribution >= 0.6 is 0 Å². The molecule has 1 aromatic carbocycles. The van der Waals surface area contributed by atoms with Gasteiger partial charge in [-0.05, 0) is 24.1 Å². The number of unbranched alkanes of at least 4 members (excludes halogenated alkanes) is 10. The lowest BCUT2D eigenvalue weighted by molar-refractivity contribution is 0.304. The van der Waals surface area contributed by atoms with Crippen LogP contribution in [0, 0.1) is 0 Å². The SMILES string of the molecule is C=Cc1ccc(OCCCCCCCCCCCCC)cc1. The summed E-state index contributed by atoms with van der Waals surface area (Å²) >= 11 is 0. The molecule has 1 nitrogen and oxygen atoms in total. The van der Waals surface area contributed by atoms with Crippen molar-refractivity contribution in [3.05, 3.63) is 36.4 Å². The van der Waals surface area contributed by atoms with Gasteiger partial charge in [-0.2, -0.15) is 0 Å². The maximum absolute atomic E-state index is 5.75. The second-order valence-corrected chi connectivity index (χ2v) is 6.16. The summed E-state index contributed by atoms with van der Waals surface area (Å²) in [5.74, 6) is 0.970. The molecule has 0 spiro atoms. The van der Waals surface area contributed by atoms with E-state index in [2.05, 4.69) is 13.5 Å². The molecule has 0 bridgehead atoms. The largest absolute Gasteiger partial charge is 0.494 e. The van der Waals surface area contributed by atoms with Gasteiger partial charge < -0.3 is 4.74 Å². The van der Waals surface area contributed by atoms with E-state index >= 15 is 0 Å². The summed E-state index contributed by atoms with van der Waals surface area (Å²) < 4.78 is 5.75. The first-order valence-electron chi connectivity index (χ1n) is 9.22. The molecule has 0 aliphatic rings. The highest BCUT2D eigenvalue weighted by atomic mass is 16.5. The summed E-state index contributed by atoms with van der Waals surface area (Å²) in [6, 6.07) is 8.14. The molecule has 0 saturated carbocycles. The second-order valence-electron chi connectivity index (χ2n) is 6.16. The van der Waals surface area contributed by atoms with E-state index in [-0.39, 0.29) is 0 Å². The number of hydrogen-bond donors (Lipinski definition) is 0. The lowest BCUT2D eigenvalue weighted by atomic mass is 10.1. The van der Waals surface area contributed by atoms with Gasteiger partial charge in [-0.15, -0.1) is 0 Å². The van der Waals surface area contributed by atoms with Gasteiger partial charge in [-0.1, -0.05) is 95.9 Å². The summed E-state index contributed by atoms with van der Waals surface area (Å²) in [4.78, 5) is 0. The normalized spacial score (nSPS) is 10.6. The standard InChI is InChI=1S/C21H34O/c1-3-5-6-7-8-9-10-11-12-13-14-19-22-21-17-15-20(4-2)16-18-21/h4,15-18H,2-3,5-14,19H2,1H3. The van der Waals surface area contributed by atoms with E-state index in [0.717, 1.165) is 17.9 Å². The van der Waals surface area contributed by atoms with Crippen LogP contribution in [0.15, 0.2) is 30.8 Å². The molecule has 0 atom stereocenters. The van der Waals surface area contributed by atoms with Crippen LogP contribution in [0.3, 0.4) is 0 Å². The first kappa shape index (κ1) is 18.8. The van der Waals surface area contributed by atoms with E-state index < -0.39 is 0 Å². The molecular formula is C21H34O. The molecule has 0 saturated heterocycles. The molecule has 0 amide bonds. The van der Waals surface area contributed by atoms with Crippen molar-refractivity contribution in [1.82, 2.24) is 0 Å². The van der Waals surface area contributed by atoms with Gasteiger partial charge in [-0.3, -0.25) is 0 Å². The van der Waals surface area contributed by atoms with Crippen LogP contribution in [0.5, 0.6) is 5.75 Å². The Bertz CT molecular complexity index is 366. The van der Waals surface area contributed by atoms with Gasteiger partial charge in [0.05, 0.1) is 6.61 Å². The van der Waals surface area contributed by atoms with Crippen LogP contribution in [-0.4, -0.2) is 6.61 Å². The van der Waals surface area contributed by atoms with E-state index in [4.69, 9.17) is 4.74 Å². The third-order valence-electron chi connectivity index (χ3n) is 4.13. The van der Waals surface area contributed by atoms with Gasteiger partial charge in [0.15, 0.2) is 0 Å². The van der Waals surface area contributed by atoms with Crippen molar-refractivity contribution >= 4 is 6.08 Å². The van der Waals surface area contributed by atoms with Crippen molar-refractivity contribution in [3.8, 4) is 5.75 Å². The van der Waals surface area contributed by atoms with Gasteiger partial charge in [0, 0.05) is 0 Å². The Morgan fingerprint density at radius 1 is 0.773 bits per heavy atom. The first-order chi connectivity index (χ1) is 10.9. The van der Waals surface area contributed by atoms with Gasteiger partial charge >= 0.3 is 0 Å². The smallest absolute Gasteiger partial charge is 0.119 e. The highest BCUT2D eigenvalue weighted by molar-refractivity contribution is 5.48. The number of rotatable bonds is 14. The Morgan fingerprint density at radius 2 is 1.27 bits per heavy atom. The van der Waals surface area contributed by atoms with Crippen LogP contribution < -0.4 is 4.74 Å². The van der Waals surface area contributed by atoms with E-state index in [1.807, 2.05) is 30.3 Å². The van der Waals surface area contributed by atoms with Gasteiger partial charge in [0.25, 0.3) is 0 Å². The molecule has 0 aliphatic carbocycles. The summed E-state index contributed by atoms with van der Waals surface area (Å²) in [5.41, 5.74) is 1.14. The van der Waals surface area contributed by atoms with Crippen molar-refractivity contribution in [1.29, 1.82) is 0 Å². The van der Waals surface area contributed by atoms with E-state index in [9.17, 15) is 0 Å². The Hall–Kier alpha value is -1.24. The number of hydrogen-bond acceptors (Lipinski definition) is 1.